The number of benzene rings is 7. The summed E-state index contributed by atoms with van der Waals surface area (Å²) in [5, 5.41) is 0. The van der Waals surface area contributed by atoms with E-state index in [0.717, 1.165) is 39.9 Å². The molecule has 0 spiro atoms. The maximum absolute atomic E-state index is 6.44. The minimum absolute atomic E-state index is 0.261. The fourth-order valence-corrected chi connectivity index (χ4v) is 7.38. The summed E-state index contributed by atoms with van der Waals surface area (Å²) in [5.74, 6) is 1.77. The van der Waals surface area contributed by atoms with E-state index in [-0.39, 0.29) is 5.41 Å². The fraction of sp³-hybridized carbons (Fsp3) is 0.0667. The predicted molar refractivity (Wildman–Crippen MR) is 199 cm³/mol. The summed E-state index contributed by atoms with van der Waals surface area (Å²) >= 11 is 0. The van der Waals surface area contributed by atoms with Crippen molar-refractivity contribution in [1.82, 2.24) is 0 Å². The van der Waals surface area contributed by atoms with Crippen molar-refractivity contribution in [3.8, 4) is 33.8 Å². The number of hydrogen-bond donors (Lipinski definition) is 0. The van der Waals surface area contributed by atoms with Gasteiger partial charge >= 0.3 is 0 Å². The van der Waals surface area contributed by atoms with Crippen LogP contribution in [0.15, 0.2) is 170 Å². The van der Waals surface area contributed by atoms with Crippen LogP contribution in [0.3, 0.4) is 0 Å². The number of hydrogen-bond acceptors (Lipinski definition) is 3. The Kier molecular flexibility index (Phi) is 6.48. The zero-order chi connectivity index (χ0) is 32.2. The van der Waals surface area contributed by atoms with Crippen molar-refractivity contribution in [3.63, 3.8) is 0 Å². The molecule has 48 heavy (non-hydrogen) atoms. The fourth-order valence-electron chi connectivity index (χ4n) is 7.38. The SMILES string of the molecule is CC1(C)c2cc(N(c3ccc(-c4ccccc4)cc3)c3ccc(-c4ccccc4)cc3)ccc2N2c3ccccc3Oc3cccc1c32. The Morgan fingerprint density at radius 2 is 0.958 bits per heavy atom. The minimum atomic E-state index is -0.261. The third kappa shape index (κ3) is 4.51. The predicted octanol–water partition coefficient (Wildman–Crippen LogP) is 12.7. The molecule has 2 aliphatic heterocycles. The lowest BCUT2D eigenvalue weighted by atomic mass is 9.73. The molecule has 0 unspecified atom stereocenters. The highest BCUT2D eigenvalue weighted by Crippen LogP contribution is 2.60. The first-order valence-electron chi connectivity index (χ1n) is 16.5. The van der Waals surface area contributed by atoms with Gasteiger partial charge in [0.2, 0.25) is 0 Å². The molecular formula is C45H34N2O. The molecule has 7 aromatic carbocycles. The molecule has 9 rings (SSSR count). The number of rotatable bonds is 5. The van der Waals surface area contributed by atoms with E-state index in [4.69, 9.17) is 4.74 Å². The number of fused-ring (bicyclic) bond motifs is 4. The number of ether oxygens (including phenoxy) is 1. The average molecular weight is 619 g/mol. The van der Waals surface area contributed by atoms with Gasteiger partial charge in [0, 0.05) is 22.5 Å². The molecule has 0 saturated carbocycles. The second kappa shape index (κ2) is 11.0. The van der Waals surface area contributed by atoms with E-state index in [2.05, 4.69) is 187 Å². The molecule has 7 aromatic rings. The standard InChI is InChI=1S/C45H34N2O/c1-45(2)38-16-11-19-43-44(38)47(41-17-9-10-18-42(41)48-43)40-29-28-37(30-39(40)45)46(35-24-20-33(21-25-35)31-12-5-3-6-13-31)36-26-22-34(23-27-36)32-14-7-4-8-15-32/h3-30H,1-2H3. The highest BCUT2D eigenvalue weighted by atomic mass is 16.5. The number of nitrogens with zero attached hydrogens (tertiary/aromatic N) is 2. The van der Waals surface area contributed by atoms with Crippen molar-refractivity contribution in [2.75, 3.05) is 9.80 Å². The zero-order valence-electron chi connectivity index (χ0n) is 27.0. The van der Waals surface area contributed by atoms with Crippen LogP contribution >= 0.6 is 0 Å². The van der Waals surface area contributed by atoms with Crippen LogP contribution in [-0.4, -0.2) is 0 Å². The summed E-state index contributed by atoms with van der Waals surface area (Å²) < 4.78 is 6.44. The van der Waals surface area contributed by atoms with Crippen molar-refractivity contribution < 1.29 is 4.74 Å². The molecule has 3 heteroatoms. The zero-order valence-corrected chi connectivity index (χ0v) is 27.0. The first-order valence-corrected chi connectivity index (χ1v) is 16.5. The van der Waals surface area contributed by atoms with E-state index < -0.39 is 0 Å². The van der Waals surface area contributed by atoms with Gasteiger partial charge in [-0.3, -0.25) is 0 Å². The molecular weight excluding hydrogens is 585 g/mol. The molecule has 0 bridgehead atoms. The number of para-hydroxylation sites is 3. The molecule has 0 amide bonds. The van der Waals surface area contributed by atoms with Gasteiger partial charge in [-0.25, -0.2) is 0 Å². The summed E-state index contributed by atoms with van der Waals surface area (Å²) in [6, 6.07) is 60.7. The summed E-state index contributed by atoms with van der Waals surface area (Å²) in [6.45, 7) is 4.66. The normalized spacial score (nSPS) is 13.5. The van der Waals surface area contributed by atoms with E-state index >= 15 is 0 Å². The quantitative estimate of drug-likeness (QED) is 0.191. The van der Waals surface area contributed by atoms with Crippen LogP contribution in [0.25, 0.3) is 22.3 Å². The average Bonchev–Trinajstić information content (AvgIpc) is 3.15. The van der Waals surface area contributed by atoms with Gasteiger partial charge in [0.25, 0.3) is 0 Å². The van der Waals surface area contributed by atoms with Crippen LogP contribution in [0, 0.1) is 0 Å². The van der Waals surface area contributed by atoms with E-state index in [9.17, 15) is 0 Å². The minimum Gasteiger partial charge on any atom is -0.453 e. The highest BCUT2D eigenvalue weighted by molar-refractivity contribution is 5.94. The van der Waals surface area contributed by atoms with E-state index in [1.165, 1.54) is 39.1 Å². The van der Waals surface area contributed by atoms with Gasteiger partial charge in [-0.05, 0) is 94.0 Å². The molecule has 2 aliphatic rings. The molecule has 0 aliphatic carbocycles. The van der Waals surface area contributed by atoms with Gasteiger partial charge in [0.05, 0.1) is 17.1 Å². The van der Waals surface area contributed by atoms with Gasteiger partial charge in [0.1, 0.15) is 0 Å². The second-order valence-corrected chi connectivity index (χ2v) is 13.0. The van der Waals surface area contributed by atoms with Crippen molar-refractivity contribution >= 4 is 34.1 Å². The van der Waals surface area contributed by atoms with Crippen LogP contribution in [0.1, 0.15) is 25.0 Å². The third-order valence-corrected chi connectivity index (χ3v) is 9.84. The highest BCUT2D eigenvalue weighted by Gasteiger charge is 2.41. The van der Waals surface area contributed by atoms with Crippen LogP contribution in [0.2, 0.25) is 0 Å². The molecule has 0 fully saturated rings. The molecule has 0 saturated heterocycles. The number of anilines is 6. The Balaban J connectivity index is 1.20. The van der Waals surface area contributed by atoms with E-state index in [1.54, 1.807) is 0 Å². The second-order valence-electron chi connectivity index (χ2n) is 13.0. The van der Waals surface area contributed by atoms with E-state index in [0.29, 0.717) is 0 Å². The first-order chi connectivity index (χ1) is 23.6. The Labute approximate surface area is 281 Å². The lowest BCUT2D eigenvalue weighted by Crippen LogP contribution is -2.32. The van der Waals surface area contributed by atoms with Gasteiger partial charge in [0.15, 0.2) is 11.5 Å². The lowest BCUT2D eigenvalue weighted by Gasteiger charge is -2.45. The molecule has 2 heterocycles. The van der Waals surface area contributed by atoms with Gasteiger partial charge in [-0.1, -0.05) is 123 Å². The Bertz CT molecular complexity index is 2190. The molecule has 3 nitrogen and oxygen atoms in total. The van der Waals surface area contributed by atoms with Gasteiger partial charge < -0.3 is 14.5 Å². The smallest absolute Gasteiger partial charge is 0.151 e. The van der Waals surface area contributed by atoms with Crippen LogP contribution in [0.5, 0.6) is 11.5 Å². The van der Waals surface area contributed by atoms with Crippen molar-refractivity contribution in [3.05, 3.63) is 181 Å². The summed E-state index contributed by atoms with van der Waals surface area (Å²) in [6.07, 6.45) is 0. The van der Waals surface area contributed by atoms with Gasteiger partial charge in [-0.15, -0.1) is 0 Å². The summed E-state index contributed by atoms with van der Waals surface area (Å²) in [5.41, 5.74) is 13.8. The maximum atomic E-state index is 6.44. The molecule has 230 valence electrons. The van der Waals surface area contributed by atoms with E-state index in [1.807, 2.05) is 6.07 Å². The first kappa shape index (κ1) is 28.2. The monoisotopic (exact) mass is 618 g/mol. The van der Waals surface area contributed by atoms with Gasteiger partial charge in [-0.2, -0.15) is 0 Å². The Hall–Kier alpha value is -6.06. The molecule has 0 atom stereocenters. The third-order valence-electron chi connectivity index (χ3n) is 9.84. The summed E-state index contributed by atoms with van der Waals surface area (Å²) in [4.78, 5) is 4.76. The van der Waals surface area contributed by atoms with Crippen LogP contribution in [-0.2, 0) is 5.41 Å². The van der Waals surface area contributed by atoms with Crippen LogP contribution in [0.4, 0.5) is 34.1 Å². The van der Waals surface area contributed by atoms with Crippen molar-refractivity contribution in [2.24, 2.45) is 0 Å². The molecule has 0 N–H and O–H groups in total. The largest absolute Gasteiger partial charge is 0.453 e. The van der Waals surface area contributed by atoms with Crippen molar-refractivity contribution in [1.29, 1.82) is 0 Å². The van der Waals surface area contributed by atoms with Crippen molar-refractivity contribution in [2.45, 2.75) is 19.3 Å². The summed E-state index contributed by atoms with van der Waals surface area (Å²) in [7, 11) is 0. The Morgan fingerprint density at radius 1 is 0.438 bits per heavy atom. The lowest BCUT2D eigenvalue weighted by molar-refractivity contribution is 0.471. The van der Waals surface area contributed by atoms with Crippen LogP contribution < -0.4 is 14.5 Å². The molecule has 0 radical (unpaired) electrons. The maximum Gasteiger partial charge on any atom is 0.151 e. The topological polar surface area (TPSA) is 15.7 Å². The molecule has 0 aromatic heterocycles. The Morgan fingerprint density at radius 3 is 1.58 bits per heavy atom.